The largest absolute Gasteiger partial charge is 0.477 e. The molecule has 0 bridgehead atoms. The van der Waals surface area contributed by atoms with Crippen LogP contribution in [0.25, 0.3) is 0 Å². The Balaban J connectivity index is 1.50. The molecule has 14 nitrogen and oxygen atoms in total. The van der Waals surface area contributed by atoms with Crippen molar-refractivity contribution in [2.45, 2.75) is 31.8 Å². The third-order valence-electron chi connectivity index (χ3n) is 5.47. The second-order valence-electron chi connectivity index (χ2n) is 7.91. The zero-order valence-electron chi connectivity index (χ0n) is 20.3. The minimum atomic E-state index is -1.26. The van der Waals surface area contributed by atoms with E-state index in [9.17, 15) is 24.3 Å². The fourth-order valence-electron chi connectivity index (χ4n) is 3.79. The summed E-state index contributed by atoms with van der Waals surface area (Å²) >= 11 is 2.20. The molecule has 200 valence electrons. The van der Waals surface area contributed by atoms with Gasteiger partial charge < -0.3 is 25.7 Å². The van der Waals surface area contributed by atoms with Gasteiger partial charge in [-0.05, 0) is 13.8 Å². The lowest BCUT2D eigenvalue weighted by Gasteiger charge is -2.49. The molecular weight excluding hydrogens is 538 g/mol. The minimum absolute atomic E-state index is 0.0437. The van der Waals surface area contributed by atoms with Crippen LogP contribution in [-0.2, 0) is 30.5 Å². The van der Waals surface area contributed by atoms with Crippen LogP contribution in [0.2, 0.25) is 0 Å². The molecule has 2 aromatic rings. The number of anilines is 1. The van der Waals surface area contributed by atoms with E-state index >= 15 is 0 Å². The first kappa shape index (κ1) is 27.0. The monoisotopic (exact) mass is 562 g/mol. The molecule has 2 aromatic heterocycles. The van der Waals surface area contributed by atoms with Crippen LogP contribution in [0, 0.1) is 0 Å². The van der Waals surface area contributed by atoms with Crippen LogP contribution in [0.5, 0.6) is 0 Å². The Morgan fingerprint density at radius 3 is 2.63 bits per heavy atom. The number of aliphatic carboxylic acids is 1. The highest BCUT2D eigenvalue weighted by Crippen LogP contribution is 2.40. The van der Waals surface area contributed by atoms with Crippen LogP contribution in [0.4, 0.5) is 5.13 Å². The van der Waals surface area contributed by atoms with Crippen LogP contribution < -0.4 is 15.6 Å². The van der Waals surface area contributed by atoms with E-state index in [2.05, 4.69) is 19.8 Å². The highest BCUT2D eigenvalue weighted by atomic mass is 32.2. The fraction of sp³-hybridized carbons (Fsp3) is 0.364. The molecule has 1 unspecified atom stereocenters. The number of carbonyl (C=O) groups is 4. The Hall–Kier alpha value is -4.05. The van der Waals surface area contributed by atoms with Gasteiger partial charge in [0.15, 0.2) is 24.1 Å². The number of pyridine rings is 1. The number of carboxylic acids is 1. The number of hydrogen-bond acceptors (Lipinski definition) is 12. The van der Waals surface area contributed by atoms with E-state index in [1.54, 1.807) is 42.9 Å². The third kappa shape index (κ3) is 5.45. The van der Waals surface area contributed by atoms with E-state index < -0.39 is 35.2 Å². The van der Waals surface area contributed by atoms with Crippen LogP contribution in [0.15, 0.2) is 41.0 Å². The van der Waals surface area contributed by atoms with Gasteiger partial charge in [-0.3, -0.25) is 14.5 Å². The SMILES string of the molecule is CCON=C(C(=O)NC1C(=O)N2C(C(=O)O)=C(C[n+]3ccc(C(=O)OCC)cc3)CS[C@H]12)c1nsc(N)n1. The van der Waals surface area contributed by atoms with E-state index in [0.717, 1.165) is 11.5 Å². The van der Waals surface area contributed by atoms with Crippen molar-refractivity contribution in [2.75, 3.05) is 24.7 Å². The average Bonchev–Trinajstić information content (AvgIpc) is 3.33. The topological polar surface area (TPSA) is 190 Å². The molecule has 4 heterocycles. The van der Waals surface area contributed by atoms with Gasteiger partial charge >= 0.3 is 11.9 Å². The van der Waals surface area contributed by atoms with Crippen molar-refractivity contribution < 1.29 is 38.4 Å². The molecule has 1 fully saturated rings. The molecule has 2 aliphatic rings. The zero-order valence-corrected chi connectivity index (χ0v) is 22.0. The Bertz CT molecular complexity index is 1330. The molecular formula is C22H24N7O7S2+. The maximum atomic E-state index is 13.0. The van der Waals surface area contributed by atoms with Crippen LogP contribution in [-0.4, -0.2) is 79.2 Å². The standard InChI is InChI=1S/C22H23N7O7S2/c1-3-35-21(34)11-5-7-28(8-6-11)9-12-10-37-19-14(18(31)29(19)15(12)20(32)33)24-17(30)13(26-36-4-2)16-25-22(23)38-27-16/h5-8,14,19H,3-4,9-10H2,1-2H3,(H3-,23,24,25,27,30,32,33)/p+1/t14?,19-/m1/s1. The number of rotatable bonds is 10. The molecule has 1 saturated heterocycles. The first-order chi connectivity index (χ1) is 18.2. The van der Waals surface area contributed by atoms with Gasteiger partial charge in [-0.1, -0.05) is 5.16 Å². The number of nitrogens with two attached hydrogens (primary N) is 1. The van der Waals surface area contributed by atoms with Crippen molar-refractivity contribution in [3.8, 4) is 0 Å². The number of oxime groups is 1. The Morgan fingerprint density at radius 1 is 1.29 bits per heavy atom. The normalized spacial score (nSPS) is 18.9. The summed E-state index contributed by atoms with van der Waals surface area (Å²) in [5.74, 6) is -2.78. The summed E-state index contributed by atoms with van der Waals surface area (Å²) in [6.07, 6.45) is 3.27. The van der Waals surface area contributed by atoms with Crippen molar-refractivity contribution in [3.63, 3.8) is 0 Å². The van der Waals surface area contributed by atoms with Gasteiger partial charge in [0.25, 0.3) is 11.8 Å². The minimum Gasteiger partial charge on any atom is -0.477 e. The van der Waals surface area contributed by atoms with Gasteiger partial charge in [-0.25, -0.2) is 14.2 Å². The van der Waals surface area contributed by atoms with Gasteiger partial charge in [0.05, 0.1) is 12.2 Å². The molecule has 2 atom stereocenters. The summed E-state index contributed by atoms with van der Waals surface area (Å²) in [6.45, 7) is 4.02. The molecule has 0 aromatic carbocycles. The number of fused-ring (bicyclic) bond motifs is 1. The quantitative estimate of drug-likeness (QED) is 0.114. The molecule has 2 amide bonds. The number of carboxylic acid groups (broad SMARTS) is 1. The summed E-state index contributed by atoms with van der Waals surface area (Å²) in [7, 11) is 0. The fourth-order valence-corrected chi connectivity index (χ4v) is 5.56. The maximum Gasteiger partial charge on any atom is 0.352 e. The molecule has 0 aliphatic carbocycles. The number of esters is 1. The van der Waals surface area contributed by atoms with Crippen molar-refractivity contribution in [3.05, 3.63) is 47.2 Å². The first-order valence-electron chi connectivity index (χ1n) is 11.4. The molecule has 4 N–H and O–H groups in total. The zero-order chi connectivity index (χ0) is 27.4. The van der Waals surface area contributed by atoms with Gasteiger partial charge in [0.1, 0.15) is 23.7 Å². The van der Waals surface area contributed by atoms with E-state index in [1.165, 1.54) is 16.7 Å². The first-order valence-corrected chi connectivity index (χ1v) is 13.2. The number of hydrogen-bond donors (Lipinski definition) is 3. The van der Waals surface area contributed by atoms with Crippen LogP contribution in [0.3, 0.4) is 0 Å². The lowest BCUT2D eigenvalue weighted by atomic mass is 10.0. The van der Waals surface area contributed by atoms with Gasteiger partial charge in [-0.2, -0.15) is 9.36 Å². The van der Waals surface area contributed by atoms with Crippen molar-refractivity contribution in [1.29, 1.82) is 0 Å². The lowest BCUT2D eigenvalue weighted by molar-refractivity contribution is -0.689. The van der Waals surface area contributed by atoms with Crippen LogP contribution in [0.1, 0.15) is 30.0 Å². The Kier molecular flexibility index (Phi) is 8.21. The van der Waals surface area contributed by atoms with E-state index in [0.29, 0.717) is 16.9 Å². The smallest absolute Gasteiger partial charge is 0.352 e. The number of amides is 2. The van der Waals surface area contributed by atoms with Crippen molar-refractivity contribution in [2.24, 2.45) is 5.16 Å². The summed E-state index contributed by atoms with van der Waals surface area (Å²) < 4.78 is 10.6. The summed E-state index contributed by atoms with van der Waals surface area (Å²) in [4.78, 5) is 60.1. The molecule has 38 heavy (non-hydrogen) atoms. The van der Waals surface area contributed by atoms with Gasteiger partial charge in [0, 0.05) is 35.0 Å². The number of nitrogens with one attached hydrogen (secondary N) is 1. The number of nitrogens with zero attached hydrogens (tertiary/aromatic N) is 5. The van der Waals surface area contributed by atoms with Crippen LogP contribution >= 0.6 is 23.3 Å². The number of β-lactam (4-membered cyclic amide) rings is 1. The number of nitrogen functional groups attached to an aromatic ring is 1. The molecule has 0 radical (unpaired) electrons. The van der Waals surface area contributed by atoms with Gasteiger partial charge in [-0.15, -0.1) is 11.8 Å². The van der Waals surface area contributed by atoms with E-state index in [1.807, 2.05) is 0 Å². The molecule has 0 saturated carbocycles. The second kappa shape index (κ2) is 11.6. The van der Waals surface area contributed by atoms with Gasteiger partial charge in [0.2, 0.25) is 11.5 Å². The third-order valence-corrected chi connectivity index (χ3v) is 7.35. The van der Waals surface area contributed by atoms with Crippen molar-refractivity contribution >= 4 is 57.9 Å². The number of ether oxygens (including phenoxy) is 1. The van der Waals surface area contributed by atoms with Crippen molar-refractivity contribution in [1.82, 2.24) is 19.6 Å². The van der Waals surface area contributed by atoms with E-state index in [4.69, 9.17) is 15.3 Å². The molecule has 4 rings (SSSR count). The highest BCUT2D eigenvalue weighted by molar-refractivity contribution is 8.00. The average molecular weight is 563 g/mol. The maximum absolute atomic E-state index is 13.0. The predicted molar refractivity (Wildman–Crippen MR) is 135 cm³/mol. The van der Waals surface area contributed by atoms with E-state index in [-0.39, 0.29) is 42.1 Å². The number of thioether (sulfide) groups is 1. The predicted octanol–water partition coefficient (Wildman–Crippen LogP) is -0.236. The Labute approximate surface area is 224 Å². The number of aromatic nitrogens is 3. The highest BCUT2D eigenvalue weighted by Gasteiger charge is 2.54. The molecule has 0 spiro atoms. The second-order valence-corrected chi connectivity index (χ2v) is 9.80. The summed E-state index contributed by atoms with van der Waals surface area (Å²) in [6, 6.07) is 2.16. The molecule has 2 aliphatic heterocycles. The lowest BCUT2D eigenvalue weighted by Crippen LogP contribution is -2.71. The number of carbonyl (C=O) groups excluding carboxylic acids is 3. The molecule has 16 heteroatoms. The summed E-state index contributed by atoms with van der Waals surface area (Å²) in [5.41, 5.74) is 6.10. The summed E-state index contributed by atoms with van der Waals surface area (Å²) in [5, 5.41) is 15.8. The Morgan fingerprint density at radius 2 is 2.03 bits per heavy atom.